The van der Waals surface area contributed by atoms with Crippen LogP contribution in [0.15, 0.2) is 46.9 Å². The quantitative estimate of drug-likeness (QED) is 0.621. The number of benzene rings is 2. The van der Waals surface area contributed by atoms with Gasteiger partial charge in [0.15, 0.2) is 0 Å². The third-order valence-corrected chi connectivity index (χ3v) is 4.63. The average molecular weight is 354 g/mol. The highest BCUT2D eigenvalue weighted by molar-refractivity contribution is 9.10. The van der Waals surface area contributed by atoms with E-state index in [0.29, 0.717) is 0 Å². The molecule has 88 valence electrons. The third-order valence-electron chi connectivity index (χ3n) is 3.08. The molecule has 2 rings (SSSR count). The SMILES string of the molecule is Cc1cccc(C(Br)c2ccc(Br)cc2)c1C. The molecule has 0 aromatic heterocycles. The van der Waals surface area contributed by atoms with Crippen LogP contribution in [0.2, 0.25) is 0 Å². The molecule has 0 saturated carbocycles. The van der Waals surface area contributed by atoms with E-state index in [1.54, 1.807) is 0 Å². The number of alkyl halides is 1. The molecule has 2 heteroatoms. The highest BCUT2D eigenvalue weighted by atomic mass is 79.9. The van der Waals surface area contributed by atoms with Gasteiger partial charge in [-0.15, -0.1) is 0 Å². The van der Waals surface area contributed by atoms with E-state index in [0.717, 1.165) is 4.47 Å². The molecule has 2 aromatic carbocycles. The predicted octanol–water partition coefficient (Wildman–Crippen LogP) is 5.55. The Kier molecular flexibility index (Phi) is 4.05. The van der Waals surface area contributed by atoms with Crippen LogP contribution in [0.4, 0.5) is 0 Å². The summed E-state index contributed by atoms with van der Waals surface area (Å²) in [5, 5.41) is 0. The predicted molar refractivity (Wildman–Crippen MR) is 80.8 cm³/mol. The Balaban J connectivity index is 2.40. The van der Waals surface area contributed by atoms with Crippen LogP contribution in [-0.2, 0) is 0 Å². The summed E-state index contributed by atoms with van der Waals surface area (Å²) in [6, 6.07) is 14.9. The summed E-state index contributed by atoms with van der Waals surface area (Å²) in [6.45, 7) is 4.33. The monoisotopic (exact) mass is 352 g/mol. The molecule has 0 aliphatic carbocycles. The minimum Gasteiger partial charge on any atom is -0.0786 e. The first kappa shape index (κ1) is 12.8. The van der Waals surface area contributed by atoms with E-state index in [1.165, 1.54) is 22.3 Å². The largest absolute Gasteiger partial charge is 0.0786 e. The van der Waals surface area contributed by atoms with Crippen LogP contribution < -0.4 is 0 Å². The van der Waals surface area contributed by atoms with Crippen LogP contribution in [0.5, 0.6) is 0 Å². The normalized spacial score (nSPS) is 12.5. The summed E-state index contributed by atoms with van der Waals surface area (Å²) in [5.74, 6) is 0. The first-order chi connectivity index (χ1) is 8.09. The molecule has 17 heavy (non-hydrogen) atoms. The molecular formula is C15H14Br2. The Morgan fingerprint density at radius 2 is 1.59 bits per heavy atom. The molecule has 0 radical (unpaired) electrons. The number of halogens is 2. The van der Waals surface area contributed by atoms with Crippen molar-refractivity contribution in [3.8, 4) is 0 Å². The smallest absolute Gasteiger partial charge is 0.0647 e. The van der Waals surface area contributed by atoms with Crippen molar-refractivity contribution in [2.45, 2.75) is 18.7 Å². The molecule has 2 aromatic rings. The fraction of sp³-hybridized carbons (Fsp3) is 0.200. The van der Waals surface area contributed by atoms with Crippen LogP contribution >= 0.6 is 31.9 Å². The Morgan fingerprint density at radius 1 is 0.941 bits per heavy atom. The summed E-state index contributed by atoms with van der Waals surface area (Å²) in [4.78, 5) is 0.260. The zero-order chi connectivity index (χ0) is 12.4. The van der Waals surface area contributed by atoms with Gasteiger partial charge in [0.05, 0.1) is 4.83 Å². The van der Waals surface area contributed by atoms with Gasteiger partial charge in [-0.3, -0.25) is 0 Å². The van der Waals surface area contributed by atoms with Gasteiger partial charge in [0.2, 0.25) is 0 Å². The lowest BCUT2D eigenvalue weighted by molar-refractivity contribution is 1.12. The van der Waals surface area contributed by atoms with Gasteiger partial charge in [-0.2, -0.15) is 0 Å². The number of aryl methyl sites for hydroxylation is 1. The maximum Gasteiger partial charge on any atom is 0.0647 e. The second kappa shape index (κ2) is 5.36. The Bertz CT molecular complexity index is 515. The zero-order valence-corrected chi connectivity index (χ0v) is 13.0. The van der Waals surface area contributed by atoms with Crippen molar-refractivity contribution in [1.29, 1.82) is 0 Å². The second-order valence-electron chi connectivity index (χ2n) is 4.20. The molecule has 0 nitrogen and oxygen atoms in total. The van der Waals surface area contributed by atoms with Gasteiger partial charge < -0.3 is 0 Å². The van der Waals surface area contributed by atoms with Gasteiger partial charge in [-0.05, 0) is 48.2 Å². The lowest BCUT2D eigenvalue weighted by Gasteiger charge is -2.15. The lowest BCUT2D eigenvalue weighted by atomic mass is 9.97. The van der Waals surface area contributed by atoms with Crippen molar-refractivity contribution in [3.05, 3.63) is 69.2 Å². The van der Waals surface area contributed by atoms with Crippen molar-refractivity contribution < 1.29 is 0 Å². The van der Waals surface area contributed by atoms with Crippen LogP contribution in [0.1, 0.15) is 27.1 Å². The Hall–Kier alpha value is -0.600. The second-order valence-corrected chi connectivity index (χ2v) is 6.03. The van der Waals surface area contributed by atoms with Crippen molar-refractivity contribution in [1.82, 2.24) is 0 Å². The molecule has 0 saturated heterocycles. The lowest BCUT2D eigenvalue weighted by Crippen LogP contribution is -1.97. The molecule has 0 bridgehead atoms. The summed E-state index contributed by atoms with van der Waals surface area (Å²) in [7, 11) is 0. The fourth-order valence-corrected chi connectivity index (χ4v) is 2.93. The summed E-state index contributed by atoms with van der Waals surface area (Å²) in [5.41, 5.74) is 5.32. The summed E-state index contributed by atoms with van der Waals surface area (Å²) in [6.07, 6.45) is 0. The minimum atomic E-state index is 0.260. The first-order valence-corrected chi connectivity index (χ1v) is 7.26. The molecular weight excluding hydrogens is 340 g/mol. The summed E-state index contributed by atoms with van der Waals surface area (Å²) >= 11 is 7.25. The molecule has 1 atom stereocenters. The average Bonchev–Trinajstić information content (AvgIpc) is 2.33. The Morgan fingerprint density at radius 3 is 2.24 bits per heavy atom. The van der Waals surface area contributed by atoms with E-state index >= 15 is 0 Å². The highest BCUT2D eigenvalue weighted by Crippen LogP contribution is 2.34. The Labute approximate surface area is 119 Å². The van der Waals surface area contributed by atoms with Crippen molar-refractivity contribution >= 4 is 31.9 Å². The first-order valence-electron chi connectivity index (χ1n) is 5.55. The van der Waals surface area contributed by atoms with Crippen LogP contribution in [0.25, 0.3) is 0 Å². The van der Waals surface area contributed by atoms with Gasteiger partial charge in [-0.1, -0.05) is 62.2 Å². The van der Waals surface area contributed by atoms with E-state index in [2.05, 4.69) is 88.2 Å². The molecule has 0 aliphatic rings. The maximum atomic E-state index is 3.79. The van der Waals surface area contributed by atoms with Crippen molar-refractivity contribution in [2.24, 2.45) is 0 Å². The van der Waals surface area contributed by atoms with Gasteiger partial charge in [0.25, 0.3) is 0 Å². The standard InChI is InChI=1S/C15H14Br2/c1-10-4-3-5-14(11(10)2)15(17)12-6-8-13(16)9-7-12/h3-9,15H,1-2H3. The van der Waals surface area contributed by atoms with Crippen molar-refractivity contribution in [3.63, 3.8) is 0 Å². The third kappa shape index (κ3) is 2.80. The molecule has 0 aliphatic heterocycles. The highest BCUT2D eigenvalue weighted by Gasteiger charge is 2.13. The number of rotatable bonds is 2. The minimum absolute atomic E-state index is 0.260. The fourth-order valence-electron chi connectivity index (χ4n) is 1.86. The molecule has 0 spiro atoms. The van der Waals surface area contributed by atoms with Crippen molar-refractivity contribution in [2.75, 3.05) is 0 Å². The van der Waals surface area contributed by atoms with Gasteiger partial charge >= 0.3 is 0 Å². The van der Waals surface area contributed by atoms with Crippen LogP contribution in [0, 0.1) is 13.8 Å². The maximum absolute atomic E-state index is 3.79. The van der Waals surface area contributed by atoms with E-state index < -0.39 is 0 Å². The number of hydrogen-bond donors (Lipinski definition) is 0. The van der Waals surface area contributed by atoms with E-state index in [1.807, 2.05) is 0 Å². The van der Waals surface area contributed by atoms with E-state index in [9.17, 15) is 0 Å². The van der Waals surface area contributed by atoms with Gasteiger partial charge in [-0.25, -0.2) is 0 Å². The van der Waals surface area contributed by atoms with Gasteiger partial charge in [0.1, 0.15) is 0 Å². The van der Waals surface area contributed by atoms with E-state index in [4.69, 9.17) is 0 Å². The summed E-state index contributed by atoms with van der Waals surface area (Å²) < 4.78 is 1.11. The van der Waals surface area contributed by atoms with Crippen LogP contribution in [-0.4, -0.2) is 0 Å². The number of hydrogen-bond acceptors (Lipinski definition) is 0. The molecule has 0 amide bonds. The molecule has 0 N–H and O–H groups in total. The molecule has 0 fully saturated rings. The topological polar surface area (TPSA) is 0 Å². The van der Waals surface area contributed by atoms with E-state index in [-0.39, 0.29) is 4.83 Å². The molecule has 0 heterocycles. The van der Waals surface area contributed by atoms with Crippen LogP contribution in [0.3, 0.4) is 0 Å². The zero-order valence-electron chi connectivity index (χ0n) is 9.87. The molecule has 1 unspecified atom stereocenters. The van der Waals surface area contributed by atoms with Gasteiger partial charge in [0, 0.05) is 4.47 Å².